The summed E-state index contributed by atoms with van der Waals surface area (Å²) in [6, 6.07) is 0.281. The third-order valence-electron chi connectivity index (χ3n) is 5.57. The molecule has 3 aliphatic rings. The van der Waals surface area contributed by atoms with E-state index >= 15 is 0 Å². The summed E-state index contributed by atoms with van der Waals surface area (Å²) >= 11 is 0. The first-order chi connectivity index (χ1) is 11.2. The summed E-state index contributed by atoms with van der Waals surface area (Å²) in [6.07, 6.45) is 2.43. The van der Waals surface area contributed by atoms with E-state index in [1.54, 1.807) is 0 Å². The van der Waals surface area contributed by atoms with Gasteiger partial charge in [-0.25, -0.2) is 4.79 Å². The van der Waals surface area contributed by atoms with Crippen LogP contribution in [-0.4, -0.2) is 66.2 Å². The smallest absolute Gasteiger partial charge is 0.410 e. The van der Waals surface area contributed by atoms with Gasteiger partial charge in [-0.15, -0.1) is 24.0 Å². The Labute approximate surface area is 168 Å². The van der Waals surface area contributed by atoms with Crippen LogP contribution in [0.25, 0.3) is 0 Å². The molecule has 3 rings (SSSR count). The second-order valence-corrected chi connectivity index (χ2v) is 8.81. The number of rotatable bonds is 3. The Hall–Kier alpha value is -0.730. The third-order valence-corrected chi connectivity index (χ3v) is 5.57. The molecule has 0 aromatic rings. The van der Waals surface area contributed by atoms with Gasteiger partial charge < -0.3 is 19.9 Å². The SMILES string of the molecule is CC(C)C1(CNC2=NCC3CN(C(=O)OC(C)(C)C)CCN23)CC1.I. The topological polar surface area (TPSA) is 57.2 Å². The highest BCUT2D eigenvalue weighted by molar-refractivity contribution is 14.0. The lowest BCUT2D eigenvalue weighted by Crippen LogP contribution is -2.58. The molecule has 0 bridgehead atoms. The highest BCUT2D eigenvalue weighted by Gasteiger charge is 2.46. The second-order valence-electron chi connectivity index (χ2n) is 8.81. The van der Waals surface area contributed by atoms with E-state index in [-0.39, 0.29) is 36.1 Å². The largest absolute Gasteiger partial charge is 0.444 e. The average Bonchev–Trinajstić information content (AvgIpc) is 3.18. The molecule has 2 aliphatic heterocycles. The van der Waals surface area contributed by atoms with Crippen LogP contribution in [0, 0.1) is 11.3 Å². The molecule has 0 aromatic carbocycles. The van der Waals surface area contributed by atoms with Gasteiger partial charge in [0, 0.05) is 26.2 Å². The molecule has 0 radical (unpaired) electrons. The molecule has 144 valence electrons. The zero-order valence-corrected chi connectivity index (χ0v) is 18.5. The molecule has 1 unspecified atom stereocenters. The minimum absolute atomic E-state index is 0. The molecular formula is C18H33IN4O2. The van der Waals surface area contributed by atoms with Crippen LogP contribution in [-0.2, 0) is 4.74 Å². The predicted molar refractivity (Wildman–Crippen MR) is 111 cm³/mol. The van der Waals surface area contributed by atoms with Gasteiger partial charge in [0.2, 0.25) is 0 Å². The molecule has 1 aliphatic carbocycles. The van der Waals surface area contributed by atoms with Gasteiger partial charge in [-0.2, -0.15) is 0 Å². The number of hydrogen-bond donors (Lipinski definition) is 1. The highest BCUT2D eigenvalue weighted by atomic mass is 127. The van der Waals surface area contributed by atoms with Gasteiger partial charge >= 0.3 is 6.09 Å². The number of nitrogens with one attached hydrogen (secondary N) is 1. The van der Waals surface area contributed by atoms with Crippen LogP contribution < -0.4 is 5.32 Å². The van der Waals surface area contributed by atoms with Gasteiger partial charge in [0.25, 0.3) is 0 Å². The zero-order chi connectivity index (χ0) is 17.5. The van der Waals surface area contributed by atoms with E-state index in [2.05, 4.69) is 24.1 Å². The van der Waals surface area contributed by atoms with E-state index < -0.39 is 5.60 Å². The van der Waals surface area contributed by atoms with Crippen LogP contribution in [0.3, 0.4) is 0 Å². The van der Waals surface area contributed by atoms with Crippen LogP contribution >= 0.6 is 24.0 Å². The van der Waals surface area contributed by atoms with Crippen LogP contribution in [0.4, 0.5) is 4.79 Å². The molecule has 1 saturated heterocycles. The first kappa shape index (κ1) is 20.6. The monoisotopic (exact) mass is 464 g/mol. The van der Waals surface area contributed by atoms with Gasteiger partial charge in [0.1, 0.15) is 5.60 Å². The summed E-state index contributed by atoms with van der Waals surface area (Å²) in [5.74, 6) is 1.74. The number of fused-ring (bicyclic) bond motifs is 1. The van der Waals surface area contributed by atoms with Crippen molar-refractivity contribution in [1.82, 2.24) is 15.1 Å². The lowest BCUT2D eigenvalue weighted by atomic mass is 9.92. The molecule has 1 N–H and O–H groups in total. The number of amides is 1. The molecule has 0 spiro atoms. The van der Waals surface area contributed by atoms with Crippen molar-refractivity contribution in [1.29, 1.82) is 0 Å². The Morgan fingerprint density at radius 3 is 2.60 bits per heavy atom. The van der Waals surface area contributed by atoms with Gasteiger partial charge in [0.15, 0.2) is 5.96 Å². The normalized spacial score (nSPS) is 24.4. The van der Waals surface area contributed by atoms with E-state index in [9.17, 15) is 4.79 Å². The Kier molecular flexibility index (Phi) is 6.16. The summed E-state index contributed by atoms with van der Waals surface area (Å²) in [5, 5.41) is 3.59. The maximum Gasteiger partial charge on any atom is 0.410 e. The maximum absolute atomic E-state index is 12.3. The Bertz CT molecular complexity index is 526. The lowest BCUT2D eigenvalue weighted by molar-refractivity contribution is 0.0137. The van der Waals surface area contributed by atoms with Gasteiger partial charge in [-0.05, 0) is 44.9 Å². The Morgan fingerprint density at radius 1 is 1.36 bits per heavy atom. The minimum atomic E-state index is -0.442. The molecule has 1 atom stereocenters. The molecule has 6 nitrogen and oxygen atoms in total. The molecular weight excluding hydrogens is 431 g/mol. The first-order valence-electron chi connectivity index (χ1n) is 9.23. The molecule has 1 amide bonds. The van der Waals surface area contributed by atoms with Crippen molar-refractivity contribution in [3.8, 4) is 0 Å². The summed E-state index contributed by atoms with van der Waals surface area (Å²) in [6.45, 7) is 14.3. The van der Waals surface area contributed by atoms with Gasteiger partial charge in [0.05, 0.1) is 12.6 Å². The first-order valence-corrected chi connectivity index (χ1v) is 9.23. The third kappa shape index (κ3) is 4.71. The van der Waals surface area contributed by atoms with Crippen LogP contribution in [0.1, 0.15) is 47.5 Å². The Balaban J connectivity index is 0.00000225. The number of piperazine rings is 1. The van der Waals surface area contributed by atoms with Crippen molar-refractivity contribution in [3.63, 3.8) is 0 Å². The number of guanidine groups is 1. The van der Waals surface area contributed by atoms with Crippen molar-refractivity contribution in [2.45, 2.75) is 59.1 Å². The number of carbonyl (C=O) groups is 1. The molecule has 0 aromatic heterocycles. The summed E-state index contributed by atoms with van der Waals surface area (Å²) in [7, 11) is 0. The second kappa shape index (κ2) is 7.48. The number of aliphatic imine (C=N–C) groups is 1. The average molecular weight is 464 g/mol. The Morgan fingerprint density at radius 2 is 2.04 bits per heavy atom. The molecule has 2 heterocycles. The predicted octanol–water partition coefficient (Wildman–Crippen LogP) is 2.92. The van der Waals surface area contributed by atoms with Crippen LogP contribution in [0.5, 0.6) is 0 Å². The van der Waals surface area contributed by atoms with E-state index in [0.717, 1.165) is 25.6 Å². The minimum Gasteiger partial charge on any atom is -0.444 e. The van der Waals surface area contributed by atoms with E-state index in [1.807, 2.05) is 25.7 Å². The number of hydrogen-bond acceptors (Lipinski definition) is 5. The van der Waals surface area contributed by atoms with Gasteiger partial charge in [-0.3, -0.25) is 4.99 Å². The number of halogens is 1. The lowest BCUT2D eigenvalue weighted by Gasteiger charge is -2.39. The standard InChI is InChI=1S/C18H32N4O2.HI/c1-13(2)18(6-7-18)12-20-15-19-10-14-11-21(8-9-22(14)15)16(23)24-17(3,4)5;/h13-14H,6-12H2,1-5H3,(H,19,20);1H. The van der Waals surface area contributed by atoms with Crippen LogP contribution in [0.2, 0.25) is 0 Å². The fraction of sp³-hybridized carbons (Fsp3) is 0.889. The van der Waals surface area contributed by atoms with Crippen molar-refractivity contribution in [3.05, 3.63) is 0 Å². The van der Waals surface area contributed by atoms with Crippen molar-refractivity contribution >= 4 is 36.0 Å². The highest BCUT2D eigenvalue weighted by Crippen LogP contribution is 2.51. The van der Waals surface area contributed by atoms with Crippen molar-refractivity contribution < 1.29 is 9.53 Å². The molecule has 1 saturated carbocycles. The quantitative estimate of drug-likeness (QED) is 0.653. The fourth-order valence-electron chi connectivity index (χ4n) is 3.60. The fourth-order valence-corrected chi connectivity index (χ4v) is 3.60. The molecule has 25 heavy (non-hydrogen) atoms. The number of ether oxygens (including phenoxy) is 1. The van der Waals surface area contributed by atoms with E-state index in [0.29, 0.717) is 24.4 Å². The van der Waals surface area contributed by atoms with Gasteiger partial charge in [-0.1, -0.05) is 13.8 Å². The number of nitrogens with zero attached hydrogens (tertiary/aromatic N) is 3. The van der Waals surface area contributed by atoms with E-state index in [1.165, 1.54) is 12.8 Å². The maximum atomic E-state index is 12.3. The van der Waals surface area contributed by atoms with Crippen molar-refractivity contribution in [2.75, 3.05) is 32.7 Å². The number of carbonyl (C=O) groups excluding carboxylic acids is 1. The van der Waals surface area contributed by atoms with Crippen molar-refractivity contribution in [2.24, 2.45) is 16.3 Å². The molecule has 2 fully saturated rings. The van der Waals surface area contributed by atoms with E-state index in [4.69, 9.17) is 9.73 Å². The summed E-state index contributed by atoms with van der Waals surface area (Å²) < 4.78 is 5.49. The zero-order valence-electron chi connectivity index (χ0n) is 16.2. The summed E-state index contributed by atoms with van der Waals surface area (Å²) in [5.41, 5.74) is 0.0292. The molecule has 7 heteroatoms. The van der Waals surface area contributed by atoms with Crippen LogP contribution in [0.15, 0.2) is 4.99 Å². The summed E-state index contributed by atoms with van der Waals surface area (Å²) in [4.78, 5) is 21.1.